The molecule has 5 rings (SSSR count). The zero-order valence-corrected chi connectivity index (χ0v) is 15.9. The number of likely N-dealkylation sites (tertiary alicyclic amines) is 1. The monoisotopic (exact) mass is 387 g/mol. The summed E-state index contributed by atoms with van der Waals surface area (Å²) in [6.45, 7) is 1.76. The fourth-order valence-electron chi connectivity index (χ4n) is 4.67. The smallest absolute Gasteiger partial charge is 0.270 e. The number of amides is 1. The van der Waals surface area contributed by atoms with Gasteiger partial charge in [0.25, 0.3) is 11.5 Å². The summed E-state index contributed by atoms with van der Waals surface area (Å²) < 4.78 is 1.87. The normalized spacial score (nSPS) is 20.2. The molecule has 1 amide bonds. The first-order chi connectivity index (χ1) is 14.1. The molecular weight excluding hydrogens is 366 g/mol. The Morgan fingerprint density at radius 1 is 0.897 bits per heavy atom. The van der Waals surface area contributed by atoms with Crippen molar-refractivity contribution in [2.45, 2.75) is 18.9 Å². The molecule has 0 unspecified atom stereocenters. The summed E-state index contributed by atoms with van der Waals surface area (Å²) in [6.07, 6.45) is 0.965. The van der Waals surface area contributed by atoms with Crippen molar-refractivity contribution >= 4 is 5.91 Å². The molecule has 146 valence electrons. The van der Waals surface area contributed by atoms with Gasteiger partial charge in [0.05, 0.1) is 0 Å². The van der Waals surface area contributed by atoms with Crippen molar-refractivity contribution in [2.75, 3.05) is 13.1 Å². The molecule has 1 saturated heterocycles. The average Bonchev–Trinajstić information content (AvgIpc) is 2.74. The molecule has 1 fully saturated rings. The molecule has 4 heterocycles. The van der Waals surface area contributed by atoms with Crippen LogP contribution in [0.3, 0.4) is 0 Å². The summed E-state index contributed by atoms with van der Waals surface area (Å²) in [6, 6.07) is 18.3. The van der Waals surface area contributed by atoms with Crippen molar-refractivity contribution in [1.29, 1.82) is 0 Å². The van der Waals surface area contributed by atoms with Crippen LogP contribution >= 0.6 is 0 Å². The number of aromatic amines is 1. The van der Waals surface area contributed by atoms with E-state index in [0.717, 1.165) is 23.2 Å². The van der Waals surface area contributed by atoms with Gasteiger partial charge >= 0.3 is 0 Å². The van der Waals surface area contributed by atoms with E-state index in [1.807, 2.05) is 39.8 Å². The van der Waals surface area contributed by atoms with Gasteiger partial charge < -0.3 is 14.5 Å². The number of fused-ring (bicyclic) bond motifs is 4. The highest BCUT2D eigenvalue weighted by Crippen LogP contribution is 2.36. The first kappa shape index (κ1) is 17.7. The summed E-state index contributed by atoms with van der Waals surface area (Å²) in [4.78, 5) is 41.8. The standard InChI is InChI=1S/C23H21N3O3/c27-21-8-4-7-19(24-21)23(29)25-12-15-9-18(14-25)20-10-17(11-22(28)26(20)13-15)16-5-2-1-3-6-16/h1-8,10-11,15,18H,9,12-14H2,(H,24,27)/t15-,18+/m0/s1. The molecule has 6 nitrogen and oxygen atoms in total. The van der Waals surface area contributed by atoms with E-state index in [9.17, 15) is 14.4 Å². The van der Waals surface area contributed by atoms with E-state index >= 15 is 0 Å². The number of benzene rings is 1. The molecule has 0 radical (unpaired) electrons. The van der Waals surface area contributed by atoms with E-state index in [2.05, 4.69) is 11.1 Å². The van der Waals surface area contributed by atoms with E-state index in [0.29, 0.717) is 25.3 Å². The first-order valence-electron chi connectivity index (χ1n) is 9.87. The lowest BCUT2D eigenvalue weighted by Crippen LogP contribution is -2.49. The van der Waals surface area contributed by atoms with Gasteiger partial charge in [-0.2, -0.15) is 0 Å². The molecule has 6 heteroatoms. The summed E-state index contributed by atoms with van der Waals surface area (Å²) >= 11 is 0. The third kappa shape index (κ3) is 3.20. The van der Waals surface area contributed by atoms with E-state index < -0.39 is 0 Å². The largest absolute Gasteiger partial charge is 0.336 e. The number of H-pyrrole nitrogens is 1. The number of rotatable bonds is 2. The Morgan fingerprint density at radius 3 is 2.52 bits per heavy atom. The van der Waals surface area contributed by atoms with E-state index in [4.69, 9.17) is 0 Å². The lowest BCUT2D eigenvalue weighted by Gasteiger charge is -2.42. The van der Waals surface area contributed by atoms with Crippen LogP contribution in [0.15, 0.2) is 70.3 Å². The quantitative estimate of drug-likeness (QED) is 0.734. The molecular formula is C23H21N3O3. The predicted molar refractivity (Wildman–Crippen MR) is 110 cm³/mol. The number of pyridine rings is 2. The van der Waals surface area contributed by atoms with E-state index in [-0.39, 0.29) is 28.9 Å². The maximum Gasteiger partial charge on any atom is 0.270 e. The van der Waals surface area contributed by atoms with E-state index in [1.165, 1.54) is 6.07 Å². The van der Waals surface area contributed by atoms with Crippen molar-refractivity contribution in [3.05, 3.63) is 92.8 Å². The molecule has 29 heavy (non-hydrogen) atoms. The number of piperidine rings is 1. The van der Waals surface area contributed by atoms with Gasteiger partial charge in [-0.15, -0.1) is 0 Å². The van der Waals surface area contributed by atoms with Gasteiger partial charge in [0.15, 0.2) is 0 Å². The van der Waals surface area contributed by atoms with Crippen LogP contribution in [-0.2, 0) is 6.54 Å². The van der Waals surface area contributed by atoms with Crippen LogP contribution in [-0.4, -0.2) is 33.4 Å². The molecule has 3 aromatic rings. The zero-order valence-electron chi connectivity index (χ0n) is 15.9. The van der Waals surface area contributed by atoms with Crippen molar-refractivity contribution in [1.82, 2.24) is 14.5 Å². The number of nitrogens with one attached hydrogen (secondary N) is 1. The number of hydrogen-bond donors (Lipinski definition) is 1. The Labute approximate surface area is 167 Å². The van der Waals surface area contributed by atoms with Crippen LogP contribution in [0.25, 0.3) is 11.1 Å². The van der Waals surface area contributed by atoms with Gasteiger partial charge in [-0.3, -0.25) is 14.4 Å². The van der Waals surface area contributed by atoms with Crippen LogP contribution in [0.5, 0.6) is 0 Å². The Hall–Kier alpha value is -3.41. The number of nitrogens with zero attached hydrogens (tertiary/aromatic N) is 2. The van der Waals surface area contributed by atoms with Crippen molar-refractivity contribution < 1.29 is 4.79 Å². The number of hydrogen-bond acceptors (Lipinski definition) is 3. The third-order valence-corrected chi connectivity index (χ3v) is 5.95. The SMILES string of the molecule is O=C(c1cccc(=O)[nH]1)N1C[C@@H]2C[C@H](C1)c1cc(-c3ccccc3)cc(=O)n1C2. The van der Waals surface area contributed by atoms with Crippen LogP contribution < -0.4 is 11.1 Å². The zero-order chi connectivity index (χ0) is 20.0. The van der Waals surface area contributed by atoms with Crippen molar-refractivity contribution in [3.63, 3.8) is 0 Å². The Balaban J connectivity index is 1.49. The minimum Gasteiger partial charge on any atom is -0.336 e. The number of aromatic nitrogens is 2. The summed E-state index contributed by atoms with van der Waals surface area (Å²) in [7, 11) is 0. The molecule has 1 N–H and O–H groups in total. The second-order valence-corrected chi connectivity index (χ2v) is 7.92. The van der Waals surface area contributed by atoms with E-state index in [1.54, 1.807) is 18.2 Å². The van der Waals surface area contributed by atoms with Crippen LogP contribution in [0, 0.1) is 5.92 Å². The van der Waals surface area contributed by atoms with Gasteiger partial charge in [0, 0.05) is 43.4 Å². The van der Waals surface area contributed by atoms with Crippen LogP contribution in [0.4, 0.5) is 0 Å². The molecule has 2 atom stereocenters. The second kappa shape index (κ2) is 6.88. The molecule has 0 saturated carbocycles. The van der Waals surface area contributed by atoms with Gasteiger partial charge in [-0.1, -0.05) is 36.4 Å². The maximum atomic E-state index is 12.9. The Kier molecular flexibility index (Phi) is 4.19. The maximum absolute atomic E-state index is 12.9. The van der Waals surface area contributed by atoms with Gasteiger partial charge in [-0.25, -0.2) is 0 Å². The van der Waals surface area contributed by atoms with Gasteiger partial charge in [0.2, 0.25) is 5.56 Å². The number of carbonyl (C=O) groups is 1. The molecule has 0 aliphatic carbocycles. The lowest BCUT2D eigenvalue weighted by molar-refractivity contribution is 0.0588. The van der Waals surface area contributed by atoms with Crippen LogP contribution in [0.2, 0.25) is 0 Å². The molecule has 2 bridgehead atoms. The summed E-state index contributed by atoms with van der Waals surface area (Å²) in [5.74, 6) is 0.187. The van der Waals surface area contributed by atoms with Crippen molar-refractivity contribution in [2.24, 2.45) is 5.92 Å². The third-order valence-electron chi connectivity index (χ3n) is 5.95. The minimum absolute atomic E-state index is 0.0169. The summed E-state index contributed by atoms with van der Waals surface area (Å²) in [5, 5.41) is 0. The average molecular weight is 387 g/mol. The highest BCUT2D eigenvalue weighted by molar-refractivity contribution is 5.92. The number of carbonyl (C=O) groups excluding carboxylic acids is 1. The van der Waals surface area contributed by atoms with Gasteiger partial charge in [-0.05, 0) is 35.6 Å². The minimum atomic E-state index is -0.280. The fraction of sp³-hybridized carbons (Fsp3) is 0.261. The predicted octanol–water partition coefficient (Wildman–Crippen LogP) is 2.46. The van der Waals surface area contributed by atoms with Crippen molar-refractivity contribution in [3.8, 4) is 11.1 Å². The molecule has 2 aromatic heterocycles. The first-order valence-corrected chi connectivity index (χ1v) is 9.87. The highest BCUT2D eigenvalue weighted by atomic mass is 16.2. The highest BCUT2D eigenvalue weighted by Gasteiger charge is 2.37. The fourth-order valence-corrected chi connectivity index (χ4v) is 4.67. The topological polar surface area (TPSA) is 75.2 Å². The molecule has 2 aliphatic heterocycles. The second-order valence-electron chi connectivity index (χ2n) is 7.92. The molecule has 2 aliphatic rings. The Morgan fingerprint density at radius 2 is 1.72 bits per heavy atom. The lowest BCUT2D eigenvalue weighted by atomic mass is 9.82. The molecule has 1 aromatic carbocycles. The molecule has 0 spiro atoms. The van der Waals surface area contributed by atoms with Crippen LogP contribution in [0.1, 0.15) is 28.5 Å². The Bertz CT molecular complexity index is 1200. The van der Waals surface area contributed by atoms with Gasteiger partial charge in [0.1, 0.15) is 5.69 Å². The summed E-state index contributed by atoms with van der Waals surface area (Å²) in [5.41, 5.74) is 2.97.